The van der Waals surface area contributed by atoms with E-state index in [0.29, 0.717) is 27.8 Å². The van der Waals surface area contributed by atoms with E-state index >= 15 is 0 Å². The molecule has 3 rings (SSSR count). The number of aryl methyl sites for hydroxylation is 1. The first kappa shape index (κ1) is 17.4. The lowest BCUT2D eigenvalue weighted by molar-refractivity contribution is 0.261. The Balaban J connectivity index is 2.03. The first-order valence-electron chi connectivity index (χ1n) is 8.36. The van der Waals surface area contributed by atoms with E-state index in [1.807, 2.05) is 0 Å². The van der Waals surface area contributed by atoms with E-state index in [4.69, 9.17) is 10.5 Å². The topological polar surface area (TPSA) is 81.0 Å². The third-order valence-electron chi connectivity index (χ3n) is 4.23. The van der Waals surface area contributed by atoms with Gasteiger partial charge in [-0.25, -0.2) is 4.39 Å². The van der Waals surface area contributed by atoms with Gasteiger partial charge in [0, 0.05) is 17.6 Å². The minimum Gasteiger partial charge on any atom is -0.489 e. The average Bonchev–Trinajstić information content (AvgIpc) is 2.54. The van der Waals surface area contributed by atoms with Gasteiger partial charge >= 0.3 is 0 Å². The van der Waals surface area contributed by atoms with E-state index in [2.05, 4.69) is 23.8 Å². The largest absolute Gasteiger partial charge is 0.489 e. The molecule has 0 spiro atoms. The molecule has 0 aliphatic heterocycles. The standard InChI is InChI=1S/C19H22FN3O2/c1-10(2)8-12(21)9-25-15-5-4-14-13-6-7-22-11(3)16(13)19(24)23-18(14)17(15)20/h4-7,10,12H,8-9,21H2,1-3H3,(H,23,24). The van der Waals surface area contributed by atoms with Gasteiger partial charge in [0.25, 0.3) is 5.56 Å². The number of hydrogen-bond donors (Lipinski definition) is 2. The fourth-order valence-electron chi connectivity index (χ4n) is 3.14. The number of H-pyrrole nitrogens is 1. The van der Waals surface area contributed by atoms with Crippen LogP contribution in [0.3, 0.4) is 0 Å². The number of halogens is 1. The minimum atomic E-state index is -0.581. The number of nitrogens with one attached hydrogen (secondary N) is 1. The Kier molecular flexibility index (Phi) is 4.72. The van der Waals surface area contributed by atoms with Crippen LogP contribution in [0.25, 0.3) is 21.7 Å². The van der Waals surface area contributed by atoms with Crippen LogP contribution < -0.4 is 16.0 Å². The van der Waals surface area contributed by atoms with Gasteiger partial charge in [0.2, 0.25) is 0 Å². The molecule has 6 heteroatoms. The van der Waals surface area contributed by atoms with Gasteiger partial charge in [-0.1, -0.05) is 13.8 Å². The first-order valence-corrected chi connectivity index (χ1v) is 8.36. The summed E-state index contributed by atoms with van der Waals surface area (Å²) in [5.41, 5.74) is 6.38. The highest BCUT2D eigenvalue weighted by molar-refractivity contribution is 6.06. The summed E-state index contributed by atoms with van der Waals surface area (Å²) in [4.78, 5) is 19.1. The molecule has 1 unspecified atom stereocenters. The van der Waals surface area contributed by atoms with Crippen molar-refractivity contribution in [2.75, 3.05) is 6.61 Å². The van der Waals surface area contributed by atoms with E-state index < -0.39 is 5.82 Å². The number of pyridine rings is 2. The molecule has 0 fully saturated rings. The molecule has 5 nitrogen and oxygen atoms in total. The molecule has 0 aliphatic rings. The van der Waals surface area contributed by atoms with Crippen molar-refractivity contribution in [3.63, 3.8) is 0 Å². The molecular weight excluding hydrogens is 321 g/mol. The maximum Gasteiger partial charge on any atom is 0.258 e. The fraction of sp³-hybridized carbons (Fsp3) is 0.368. The molecule has 25 heavy (non-hydrogen) atoms. The molecule has 1 atom stereocenters. The number of fused-ring (bicyclic) bond motifs is 3. The number of nitrogens with zero attached hydrogens (tertiary/aromatic N) is 1. The molecule has 0 saturated heterocycles. The molecule has 2 heterocycles. The zero-order chi connectivity index (χ0) is 18.1. The van der Waals surface area contributed by atoms with Crippen LogP contribution in [-0.2, 0) is 0 Å². The number of hydrogen-bond acceptors (Lipinski definition) is 4. The number of aromatic nitrogens is 2. The predicted molar refractivity (Wildman–Crippen MR) is 97.5 cm³/mol. The lowest BCUT2D eigenvalue weighted by Gasteiger charge is -2.16. The van der Waals surface area contributed by atoms with E-state index in [-0.39, 0.29) is 29.5 Å². The summed E-state index contributed by atoms with van der Waals surface area (Å²) in [5, 5.41) is 1.77. The van der Waals surface area contributed by atoms with Gasteiger partial charge in [-0.05, 0) is 42.8 Å². The summed E-state index contributed by atoms with van der Waals surface area (Å²) in [6.07, 6.45) is 2.41. The Morgan fingerprint density at radius 3 is 2.76 bits per heavy atom. The Morgan fingerprint density at radius 1 is 1.28 bits per heavy atom. The highest BCUT2D eigenvalue weighted by Gasteiger charge is 2.15. The van der Waals surface area contributed by atoms with Gasteiger partial charge < -0.3 is 15.5 Å². The average molecular weight is 343 g/mol. The number of nitrogens with two attached hydrogens (primary N) is 1. The molecule has 0 radical (unpaired) electrons. The van der Waals surface area contributed by atoms with Crippen molar-refractivity contribution in [2.45, 2.75) is 33.2 Å². The van der Waals surface area contributed by atoms with Gasteiger partial charge in [0.15, 0.2) is 11.6 Å². The van der Waals surface area contributed by atoms with Crippen LogP contribution in [0.5, 0.6) is 5.75 Å². The van der Waals surface area contributed by atoms with E-state index in [0.717, 1.165) is 6.42 Å². The van der Waals surface area contributed by atoms with Crippen LogP contribution in [0.4, 0.5) is 4.39 Å². The van der Waals surface area contributed by atoms with Crippen molar-refractivity contribution in [2.24, 2.45) is 11.7 Å². The van der Waals surface area contributed by atoms with Crippen LogP contribution in [0.2, 0.25) is 0 Å². The van der Waals surface area contributed by atoms with Crippen LogP contribution in [0, 0.1) is 18.7 Å². The number of aromatic amines is 1. The zero-order valence-electron chi connectivity index (χ0n) is 14.6. The maximum atomic E-state index is 14.8. The lowest BCUT2D eigenvalue weighted by Crippen LogP contribution is -2.29. The van der Waals surface area contributed by atoms with E-state index in [9.17, 15) is 9.18 Å². The zero-order valence-corrected chi connectivity index (χ0v) is 14.6. The summed E-state index contributed by atoms with van der Waals surface area (Å²) in [7, 11) is 0. The molecule has 3 aromatic rings. The molecule has 0 bridgehead atoms. The lowest BCUT2D eigenvalue weighted by atomic mass is 10.1. The van der Waals surface area contributed by atoms with Gasteiger partial charge in [0.1, 0.15) is 6.61 Å². The summed E-state index contributed by atoms with van der Waals surface area (Å²) in [6.45, 7) is 6.13. The molecular formula is C19H22FN3O2. The molecule has 0 saturated carbocycles. The highest BCUT2D eigenvalue weighted by Crippen LogP contribution is 2.29. The molecule has 0 amide bonds. The Hall–Kier alpha value is -2.47. The number of rotatable bonds is 5. The van der Waals surface area contributed by atoms with Crippen molar-refractivity contribution in [1.29, 1.82) is 0 Å². The predicted octanol–water partition coefficient (Wildman–Crippen LogP) is 3.28. The summed E-state index contributed by atoms with van der Waals surface area (Å²) < 4.78 is 20.4. The highest BCUT2D eigenvalue weighted by atomic mass is 19.1. The van der Waals surface area contributed by atoms with Crippen LogP contribution in [0.1, 0.15) is 26.0 Å². The Morgan fingerprint density at radius 2 is 2.04 bits per heavy atom. The summed E-state index contributed by atoms with van der Waals surface area (Å²) >= 11 is 0. The third kappa shape index (κ3) is 3.35. The van der Waals surface area contributed by atoms with Gasteiger partial charge in [-0.3, -0.25) is 9.78 Å². The van der Waals surface area contributed by atoms with Crippen molar-refractivity contribution < 1.29 is 9.13 Å². The fourth-order valence-corrected chi connectivity index (χ4v) is 3.14. The second-order valence-corrected chi connectivity index (χ2v) is 6.77. The monoisotopic (exact) mass is 343 g/mol. The van der Waals surface area contributed by atoms with E-state index in [1.54, 1.807) is 31.3 Å². The van der Waals surface area contributed by atoms with Crippen molar-refractivity contribution in [3.05, 3.63) is 46.3 Å². The molecule has 2 aromatic heterocycles. The minimum absolute atomic E-state index is 0.0903. The van der Waals surface area contributed by atoms with Crippen molar-refractivity contribution >= 4 is 21.7 Å². The quantitative estimate of drug-likeness (QED) is 0.697. The maximum absolute atomic E-state index is 14.8. The molecule has 3 N–H and O–H groups in total. The third-order valence-corrected chi connectivity index (χ3v) is 4.23. The van der Waals surface area contributed by atoms with Crippen LogP contribution >= 0.6 is 0 Å². The van der Waals surface area contributed by atoms with Crippen molar-refractivity contribution in [1.82, 2.24) is 9.97 Å². The normalized spacial score (nSPS) is 12.9. The smallest absolute Gasteiger partial charge is 0.258 e. The Labute approximate surface area is 145 Å². The van der Waals surface area contributed by atoms with E-state index in [1.165, 1.54) is 0 Å². The number of benzene rings is 1. The van der Waals surface area contributed by atoms with Crippen molar-refractivity contribution in [3.8, 4) is 5.75 Å². The Bertz CT molecular complexity index is 982. The summed E-state index contributed by atoms with van der Waals surface area (Å²) in [6, 6.07) is 4.88. The SMILES string of the molecule is Cc1nccc2c1c(=O)[nH]c1c(F)c(OCC(N)CC(C)C)ccc12. The van der Waals surface area contributed by atoms with Crippen LogP contribution in [-0.4, -0.2) is 22.6 Å². The first-order chi connectivity index (χ1) is 11.9. The van der Waals surface area contributed by atoms with Crippen LogP contribution in [0.15, 0.2) is 29.2 Å². The number of ether oxygens (including phenoxy) is 1. The van der Waals surface area contributed by atoms with Gasteiger partial charge in [-0.2, -0.15) is 0 Å². The van der Waals surface area contributed by atoms with Gasteiger partial charge in [-0.15, -0.1) is 0 Å². The second kappa shape index (κ2) is 6.80. The molecule has 132 valence electrons. The molecule has 1 aromatic carbocycles. The van der Waals surface area contributed by atoms with Gasteiger partial charge in [0.05, 0.1) is 16.6 Å². The summed E-state index contributed by atoms with van der Waals surface area (Å²) in [5.74, 6) is -0.0465. The molecule has 0 aliphatic carbocycles. The second-order valence-electron chi connectivity index (χ2n) is 6.77.